The number of aromatic nitrogens is 3. The Kier molecular flexibility index (Phi) is 3.64. The Hall–Kier alpha value is -2.69. The number of hydrogen-bond donors (Lipinski definition) is 0. The third kappa shape index (κ3) is 2.91. The van der Waals surface area contributed by atoms with E-state index in [1.54, 1.807) is 35.3 Å². The van der Waals surface area contributed by atoms with Gasteiger partial charge in [0.2, 0.25) is 5.88 Å². The van der Waals surface area contributed by atoms with Crippen molar-refractivity contribution in [2.75, 3.05) is 0 Å². The zero-order valence-corrected chi connectivity index (χ0v) is 11.5. The average molecular weight is 283 g/mol. The van der Waals surface area contributed by atoms with E-state index in [0.29, 0.717) is 12.5 Å². The molecule has 4 nitrogen and oxygen atoms in total. The van der Waals surface area contributed by atoms with Gasteiger partial charge in [-0.3, -0.25) is 0 Å². The fourth-order valence-electron chi connectivity index (χ4n) is 2.00. The summed E-state index contributed by atoms with van der Waals surface area (Å²) in [6, 6.07) is 11.8. The van der Waals surface area contributed by atoms with E-state index in [-0.39, 0.29) is 5.82 Å². The zero-order chi connectivity index (χ0) is 14.7. The Morgan fingerprint density at radius 1 is 1.10 bits per heavy atom. The van der Waals surface area contributed by atoms with Crippen LogP contribution in [0.2, 0.25) is 0 Å². The van der Waals surface area contributed by atoms with Gasteiger partial charge in [0.1, 0.15) is 12.4 Å². The Morgan fingerprint density at radius 3 is 2.67 bits per heavy atom. The van der Waals surface area contributed by atoms with E-state index >= 15 is 0 Å². The molecule has 0 spiro atoms. The number of pyridine rings is 1. The van der Waals surface area contributed by atoms with Crippen LogP contribution >= 0.6 is 0 Å². The summed E-state index contributed by atoms with van der Waals surface area (Å²) >= 11 is 0. The monoisotopic (exact) mass is 283 g/mol. The van der Waals surface area contributed by atoms with Crippen molar-refractivity contribution in [2.45, 2.75) is 13.5 Å². The van der Waals surface area contributed by atoms with Gasteiger partial charge in [0.15, 0.2) is 5.82 Å². The first kappa shape index (κ1) is 13.3. The Balaban J connectivity index is 1.80. The van der Waals surface area contributed by atoms with E-state index in [2.05, 4.69) is 10.1 Å². The summed E-state index contributed by atoms with van der Waals surface area (Å²) in [6.07, 6.45) is 3.38. The summed E-state index contributed by atoms with van der Waals surface area (Å²) in [7, 11) is 0. The molecule has 0 atom stereocenters. The highest BCUT2D eigenvalue weighted by molar-refractivity contribution is 5.34. The molecule has 0 saturated heterocycles. The minimum absolute atomic E-state index is 0.257. The van der Waals surface area contributed by atoms with E-state index < -0.39 is 0 Å². The number of rotatable bonds is 4. The first-order valence-corrected chi connectivity index (χ1v) is 6.57. The van der Waals surface area contributed by atoms with E-state index in [4.69, 9.17) is 4.74 Å². The third-order valence-corrected chi connectivity index (χ3v) is 3.09. The number of ether oxygens (including phenoxy) is 1. The molecular weight excluding hydrogens is 269 g/mol. The van der Waals surface area contributed by atoms with Gasteiger partial charge in [0.05, 0.1) is 6.20 Å². The molecule has 0 N–H and O–H groups in total. The molecule has 0 aliphatic carbocycles. The van der Waals surface area contributed by atoms with Crippen LogP contribution in [0.25, 0.3) is 5.82 Å². The summed E-state index contributed by atoms with van der Waals surface area (Å²) in [4.78, 5) is 4.32. The fraction of sp³-hybridized carbons (Fsp3) is 0.125. The van der Waals surface area contributed by atoms with Gasteiger partial charge in [0, 0.05) is 12.3 Å². The summed E-state index contributed by atoms with van der Waals surface area (Å²) in [5.41, 5.74) is 1.90. The van der Waals surface area contributed by atoms with Crippen molar-refractivity contribution in [1.82, 2.24) is 14.8 Å². The SMILES string of the molecule is Cc1cccnc1-n1nccc1OCc1ccc(F)cc1. The predicted octanol–water partition coefficient (Wildman–Crippen LogP) is 3.29. The Morgan fingerprint density at radius 2 is 1.90 bits per heavy atom. The van der Waals surface area contributed by atoms with E-state index in [1.165, 1.54) is 12.1 Å². The summed E-state index contributed by atoms with van der Waals surface area (Å²) < 4.78 is 20.3. The molecule has 0 aliphatic rings. The van der Waals surface area contributed by atoms with Gasteiger partial charge < -0.3 is 4.74 Å². The lowest BCUT2D eigenvalue weighted by Crippen LogP contribution is -2.06. The number of hydrogen-bond acceptors (Lipinski definition) is 3. The Labute approximate surface area is 121 Å². The molecule has 2 aromatic heterocycles. The first-order chi connectivity index (χ1) is 10.2. The Bertz CT molecular complexity index is 737. The standard InChI is InChI=1S/C16H14FN3O/c1-12-3-2-9-18-16(12)20-15(8-10-19-20)21-11-13-4-6-14(17)7-5-13/h2-10H,11H2,1H3. The van der Waals surface area contributed by atoms with Gasteiger partial charge in [-0.15, -0.1) is 0 Å². The maximum atomic E-state index is 12.9. The predicted molar refractivity (Wildman–Crippen MR) is 76.8 cm³/mol. The van der Waals surface area contributed by atoms with Crippen molar-refractivity contribution in [3.8, 4) is 11.7 Å². The minimum Gasteiger partial charge on any atom is -0.473 e. The largest absolute Gasteiger partial charge is 0.473 e. The third-order valence-electron chi connectivity index (χ3n) is 3.09. The van der Waals surface area contributed by atoms with Gasteiger partial charge in [-0.1, -0.05) is 18.2 Å². The molecule has 0 saturated carbocycles. The molecule has 106 valence electrons. The van der Waals surface area contributed by atoms with Gasteiger partial charge in [0.25, 0.3) is 0 Å². The number of aryl methyl sites for hydroxylation is 1. The fourth-order valence-corrected chi connectivity index (χ4v) is 2.00. The molecular formula is C16H14FN3O. The molecule has 0 amide bonds. The molecule has 3 rings (SSSR count). The highest BCUT2D eigenvalue weighted by atomic mass is 19.1. The van der Waals surface area contributed by atoms with Crippen LogP contribution in [0.1, 0.15) is 11.1 Å². The maximum Gasteiger partial charge on any atom is 0.218 e. The summed E-state index contributed by atoms with van der Waals surface area (Å²) in [5, 5.41) is 4.24. The van der Waals surface area contributed by atoms with E-state index in [9.17, 15) is 4.39 Å². The van der Waals surface area contributed by atoms with Crippen LogP contribution in [0.5, 0.6) is 5.88 Å². The minimum atomic E-state index is -0.257. The lowest BCUT2D eigenvalue weighted by molar-refractivity contribution is 0.284. The molecule has 21 heavy (non-hydrogen) atoms. The molecule has 0 fully saturated rings. The van der Waals surface area contributed by atoms with Crippen LogP contribution in [-0.4, -0.2) is 14.8 Å². The molecule has 0 bridgehead atoms. The van der Waals surface area contributed by atoms with Crippen molar-refractivity contribution in [3.63, 3.8) is 0 Å². The van der Waals surface area contributed by atoms with Gasteiger partial charge in [-0.2, -0.15) is 9.78 Å². The average Bonchev–Trinajstić information content (AvgIpc) is 2.95. The topological polar surface area (TPSA) is 39.9 Å². The lowest BCUT2D eigenvalue weighted by Gasteiger charge is -2.10. The van der Waals surface area contributed by atoms with Crippen LogP contribution in [0.4, 0.5) is 4.39 Å². The van der Waals surface area contributed by atoms with Crippen molar-refractivity contribution in [1.29, 1.82) is 0 Å². The number of halogens is 1. The van der Waals surface area contributed by atoms with Crippen molar-refractivity contribution in [3.05, 3.63) is 71.8 Å². The van der Waals surface area contributed by atoms with Crippen LogP contribution in [0.15, 0.2) is 54.9 Å². The molecule has 0 aliphatic heterocycles. The first-order valence-electron chi connectivity index (χ1n) is 6.57. The highest BCUT2D eigenvalue weighted by Gasteiger charge is 2.09. The second kappa shape index (κ2) is 5.75. The van der Waals surface area contributed by atoms with Crippen LogP contribution in [-0.2, 0) is 6.61 Å². The number of nitrogens with zero attached hydrogens (tertiary/aromatic N) is 3. The zero-order valence-electron chi connectivity index (χ0n) is 11.5. The molecule has 1 aromatic carbocycles. The van der Waals surface area contributed by atoms with Crippen LogP contribution in [0, 0.1) is 12.7 Å². The second-order valence-electron chi connectivity index (χ2n) is 4.64. The quantitative estimate of drug-likeness (QED) is 0.737. The summed E-state index contributed by atoms with van der Waals surface area (Å²) in [6.45, 7) is 2.31. The molecule has 5 heteroatoms. The smallest absolute Gasteiger partial charge is 0.218 e. The van der Waals surface area contributed by atoms with Crippen LogP contribution in [0.3, 0.4) is 0 Å². The van der Waals surface area contributed by atoms with Gasteiger partial charge >= 0.3 is 0 Å². The number of benzene rings is 1. The lowest BCUT2D eigenvalue weighted by atomic mass is 10.2. The van der Waals surface area contributed by atoms with E-state index in [1.807, 2.05) is 19.1 Å². The van der Waals surface area contributed by atoms with E-state index in [0.717, 1.165) is 16.9 Å². The van der Waals surface area contributed by atoms with Gasteiger partial charge in [-0.25, -0.2) is 9.37 Å². The van der Waals surface area contributed by atoms with Crippen molar-refractivity contribution >= 4 is 0 Å². The maximum absolute atomic E-state index is 12.9. The summed E-state index contributed by atoms with van der Waals surface area (Å²) in [5.74, 6) is 1.07. The molecule has 0 unspecified atom stereocenters. The molecule has 3 aromatic rings. The molecule has 0 radical (unpaired) electrons. The van der Waals surface area contributed by atoms with Gasteiger partial charge in [-0.05, 0) is 36.2 Å². The van der Waals surface area contributed by atoms with Crippen LogP contribution < -0.4 is 4.74 Å². The normalized spacial score (nSPS) is 10.6. The highest BCUT2D eigenvalue weighted by Crippen LogP contribution is 2.19. The second-order valence-corrected chi connectivity index (χ2v) is 4.64. The van der Waals surface area contributed by atoms with Crippen molar-refractivity contribution < 1.29 is 9.13 Å². The molecule has 2 heterocycles. The van der Waals surface area contributed by atoms with Crippen molar-refractivity contribution in [2.24, 2.45) is 0 Å².